The molecule has 3 nitrogen and oxygen atoms in total. The highest BCUT2D eigenvalue weighted by Gasteiger charge is 2.12. The Morgan fingerprint density at radius 3 is 2.52 bits per heavy atom. The van der Waals surface area contributed by atoms with Crippen LogP contribution in [-0.4, -0.2) is 15.3 Å². The molecule has 1 N–H and O–H groups in total. The van der Waals surface area contributed by atoms with Crippen LogP contribution >= 0.6 is 11.6 Å². The van der Waals surface area contributed by atoms with Gasteiger partial charge in [-0.25, -0.2) is 0 Å². The van der Waals surface area contributed by atoms with Crippen molar-refractivity contribution < 1.29 is 0 Å². The van der Waals surface area contributed by atoms with Crippen molar-refractivity contribution in [1.29, 1.82) is 0 Å². The van der Waals surface area contributed by atoms with Crippen molar-refractivity contribution in [3.8, 4) is 0 Å². The summed E-state index contributed by atoms with van der Waals surface area (Å²) < 4.78 is 2.01. The third-order valence-electron chi connectivity index (χ3n) is 3.54. The van der Waals surface area contributed by atoms with Crippen LogP contribution in [-0.2, 0) is 13.1 Å². The number of hydrogen-bond donors (Lipinski definition) is 1. The Kier molecular flexibility index (Phi) is 4.74. The van der Waals surface area contributed by atoms with Crippen molar-refractivity contribution in [1.82, 2.24) is 15.1 Å². The second kappa shape index (κ2) is 6.20. The van der Waals surface area contributed by atoms with Crippen molar-refractivity contribution in [2.75, 3.05) is 0 Å². The molecule has 2 rings (SSSR count). The zero-order valence-electron chi connectivity index (χ0n) is 13.5. The highest BCUT2D eigenvalue weighted by atomic mass is 35.5. The third kappa shape index (κ3) is 4.32. The summed E-state index contributed by atoms with van der Waals surface area (Å²) in [6.45, 7) is 12.2. The van der Waals surface area contributed by atoms with E-state index in [1.54, 1.807) is 0 Å². The van der Waals surface area contributed by atoms with Gasteiger partial charge in [0.05, 0.1) is 12.7 Å². The van der Waals surface area contributed by atoms with E-state index < -0.39 is 0 Å². The minimum atomic E-state index is 0.106. The molecule has 0 fully saturated rings. The number of nitrogens with one attached hydrogen (secondary N) is 1. The van der Waals surface area contributed by atoms with Gasteiger partial charge >= 0.3 is 0 Å². The molecule has 0 aliphatic rings. The number of aryl methyl sites for hydroxylation is 1. The third-order valence-corrected chi connectivity index (χ3v) is 3.89. The van der Waals surface area contributed by atoms with E-state index >= 15 is 0 Å². The summed E-state index contributed by atoms with van der Waals surface area (Å²) in [6.07, 6.45) is 1.94. The lowest BCUT2D eigenvalue weighted by Crippen LogP contribution is -2.35. The van der Waals surface area contributed by atoms with Gasteiger partial charge in [0.15, 0.2) is 0 Å². The van der Waals surface area contributed by atoms with Gasteiger partial charge in [-0.05, 0) is 51.8 Å². The molecule has 2 aromatic rings. The molecular weight excluding hydrogens is 282 g/mol. The fourth-order valence-corrected chi connectivity index (χ4v) is 2.42. The van der Waals surface area contributed by atoms with E-state index in [2.05, 4.69) is 50.2 Å². The number of nitrogens with zero attached hydrogens (tertiary/aromatic N) is 2. The van der Waals surface area contributed by atoms with E-state index in [1.165, 1.54) is 16.8 Å². The van der Waals surface area contributed by atoms with E-state index in [1.807, 2.05) is 23.9 Å². The van der Waals surface area contributed by atoms with Gasteiger partial charge in [-0.1, -0.05) is 23.7 Å². The van der Waals surface area contributed by atoms with Crippen LogP contribution in [0.5, 0.6) is 0 Å². The largest absolute Gasteiger partial charge is 0.308 e. The van der Waals surface area contributed by atoms with Gasteiger partial charge in [0, 0.05) is 28.4 Å². The summed E-state index contributed by atoms with van der Waals surface area (Å²) in [6, 6.07) is 6.16. The van der Waals surface area contributed by atoms with Crippen LogP contribution in [0.25, 0.3) is 0 Å². The topological polar surface area (TPSA) is 29.9 Å². The second-order valence-electron chi connectivity index (χ2n) is 6.61. The van der Waals surface area contributed by atoms with E-state index in [-0.39, 0.29) is 5.54 Å². The van der Waals surface area contributed by atoms with Gasteiger partial charge in [0.25, 0.3) is 0 Å². The summed E-state index contributed by atoms with van der Waals surface area (Å²) in [5, 5.41) is 8.79. The van der Waals surface area contributed by atoms with Crippen LogP contribution in [0.2, 0.25) is 5.02 Å². The fraction of sp³-hybridized carbons (Fsp3) is 0.471. The standard InChI is InChI=1S/C17H24ClN3/c1-12-6-7-14(16(18)8-12)11-21-13(2)15(10-20-21)9-19-17(3,4)5/h6-8,10,19H,9,11H2,1-5H3. The number of halogens is 1. The molecule has 0 bridgehead atoms. The van der Waals surface area contributed by atoms with Gasteiger partial charge in [0.1, 0.15) is 0 Å². The van der Waals surface area contributed by atoms with Gasteiger partial charge in [0.2, 0.25) is 0 Å². The molecule has 1 aromatic carbocycles. The zero-order chi connectivity index (χ0) is 15.6. The molecule has 4 heteroatoms. The molecule has 0 unspecified atom stereocenters. The average Bonchev–Trinajstić information content (AvgIpc) is 2.71. The minimum absolute atomic E-state index is 0.106. The van der Waals surface area contributed by atoms with Gasteiger partial charge in [-0.15, -0.1) is 0 Å². The van der Waals surface area contributed by atoms with E-state index in [0.717, 1.165) is 17.1 Å². The lowest BCUT2D eigenvalue weighted by molar-refractivity contribution is 0.423. The molecule has 21 heavy (non-hydrogen) atoms. The van der Waals surface area contributed by atoms with E-state index in [4.69, 9.17) is 11.6 Å². The Labute approximate surface area is 132 Å². The second-order valence-corrected chi connectivity index (χ2v) is 7.02. The maximum Gasteiger partial charge on any atom is 0.0677 e. The Morgan fingerprint density at radius 2 is 1.90 bits per heavy atom. The number of benzene rings is 1. The number of hydrogen-bond acceptors (Lipinski definition) is 2. The molecule has 0 atom stereocenters. The molecule has 0 aliphatic carbocycles. The lowest BCUT2D eigenvalue weighted by atomic mass is 10.1. The lowest BCUT2D eigenvalue weighted by Gasteiger charge is -2.20. The molecule has 0 amide bonds. The van der Waals surface area contributed by atoms with E-state index in [9.17, 15) is 0 Å². The summed E-state index contributed by atoms with van der Waals surface area (Å²) in [7, 11) is 0. The molecule has 0 saturated heterocycles. The van der Waals surface area contributed by atoms with Crippen LogP contribution in [0.15, 0.2) is 24.4 Å². The fourth-order valence-electron chi connectivity index (χ4n) is 2.12. The van der Waals surface area contributed by atoms with Crippen molar-refractivity contribution >= 4 is 11.6 Å². The summed E-state index contributed by atoms with van der Waals surface area (Å²) >= 11 is 6.31. The van der Waals surface area contributed by atoms with Crippen LogP contribution in [0, 0.1) is 13.8 Å². The zero-order valence-corrected chi connectivity index (χ0v) is 14.3. The predicted octanol–water partition coefficient (Wildman–Crippen LogP) is 4.09. The molecule has 0 aliphatic heterocycles. The summed E-state index contributed by atoms with van der Waals surface area (Å²) in [4.78, 5) is 0. The first-order valence-corrected chi connectivity index (χ1v) is 7.65. The first kappa shape index (κ1) is 16.1. The molecule has 0 radical (unpaired) electrons. The first-order chi connectivity index (χ1) is 9.76. The Morgan fingerprint density at radius 1 is 1.19 bits per heavy atom. The Bertz CT molecular complexity index is 623. The smallest absolute Gasteiger partial charge is 0.0677 e. The maximum atomic E-state index is 6.31. The van der Waals surface area contributed by atoms with Crippen LogP contribution < -0.4 is 5.32 Å². The molecular formula is C17H24ClN3. The predicted molar refractivity (Wildman–Crippen MR) is 88.8 cm³/mol. The van der Waals surface area contributed by atoms with Crippen molar-refractivity contribution in [3.05, 3.63) is 51.8 Å². The summed E-state index contributed by atoms with van der Waals surface area (Å²) in [5.41, 5.74) is 4.80. The molecule has 0 spiro atoms. The van der Waals surface area contributed by atoms with Crippen molar-refractivity contribution in [2.24, 2.45) is 0 Å². The molecule has 1 aromatic heterocycles. The maximum absolute atomic E-state index is 6.31. The SMILES string of the molecule is Cc1ccc(Cn2ncc(CNC(C)(C)C)c2C)c(Cl)c1. The van der Waals surface area contributed by atoms with Gasteiger partial charge < -0.3 is 5.32 Å². The van der Waals surface area contributed by atoms with Crippen LogP contribution in [0.3, 0.4) is 0 Å². The van der Waals surface area contributed by atoms with Crippen LogP contribution in [0.4, 0.5) is 0 Å². The Hall–Kier alpha value is -1.32. The van der Waals surface area contributed by atoms with Crippen molar-refractivity contribution in [3.63, 3.8) is 0 Å². The number of aromatic nitrogens is 2. The average molecular weight is 306 g/mol. The highest BCUT2D eigenvalue weighted by Crippen LogP contribution is 2.20. The first-order valence-electron chi connectivity index (χ1n) is 7.27. The normalized spacial score (nSPS) is 11.9. The monoisotopic (exact) mass is 305 g/mol. The molecule has 0 saturated carbocycles. The quantitative estimate of drug-likeness (QED) is 0.922. The molecule has 114 valence electrons. The summed E-state index contributed by atoms with van der Waals surface area (Å²) in [5.74, 6) is 0. The molecule has 1 heterocycles. The van der Waals surface area contributed by atoms with Crippen molar-refractivity contribution in [2.45, 2.75) is 53.2 Å². The Balaban J connectivity index is 2.13. The highest BCUT2D eigenvalue weighted by molar-refractivity contribution is 6.31. The minimum Gasteiger partial charge on any atom is -0.308 e. The van der Waals surface area contributed by atoms with E-state index in [0.29, 0.717) is 6.54 Å². The van der Waals surface area contributed by atoms with Gasteiger partial charge in [-0.3, -0.25) is 4.68 Å². The number of rotatable bonds is 4. The van der Waals surface area contributed by atoms with Crippen LogP contribution in [0.1, 0.15) is 43.2 Å². The van der Waals surface area contributed by atoms with Gasteiger partial charge in [-0.2, -0.15) is 5.10 Å².